The van der Waals surface area contributed by atoms with E-state index in [1.54, 1.807) is 17.6 Å². The van der Waals surface area contributed by atoms with Crippen molar-refractivity contribution in [2.24, 2.45) is 0 Å². The number of hydrogen-bond donors (Lipinski definition) is 2. The van der Waals surface area contributed by atoms with Gasteiger partial charge in [-0.2, -0.15) is 0 Å². The van der Waals surface area contributed by atoms with Gasteiger partial charge in [-0.25, -0.2) is 9.37 Å². The maximum absolute atomic E-state index is 13.1. The molecule has 3 rings (SSSR count). The average molecular weight is 356 g/mol. The minimum Gasteiger partial charge on any atom is -0.343 e. The van der Waals surface area contributed by atoms with E-state index in [1.807, 2.05) is 12.1 Å². The molecule has 0 aliphatic heterocycles. The van der Waals surface area contributed by atoms with E-state index in [2.05, 4.69) is 20.6 Å². The molecule has 8 heteroatoms. The number of nitrogens with one attached hydrogen (secondary N) is 2. The second-order valence-corrected chi connectivity index (χ2v) is 5.85. The fourth-order valence-corrected chi connectivity index (χ4v) is 2.74. The zero-order chi connectivity index (χ0) is 17.6. The van der Waals surface area contributed by atoms with Gasteiger partial charge in [0.2, 0.25) is 5.91 Å². The number of nitrogens with zero attached hydrogens (tertiary/aromatic N) is 2. The van der Waals surface area contributed by atoms with Crippen molar-refractivity contribution in [1.29, 1.82) is 0 Å². The van der Waals surface area contributed by atoms with Crippen LogP contribution in [0.25, 0.3) is 11.4 Å². The van der Waals surface area contributed by atoms with Crippen molar-refractivity contribution in [1.82, 2.24) is 15.3 Å². The Labute approximate surface area is 146 Å². The molecule has 0 aliphatic carbocycles. The molecule has 2 heterocycles. The minimum absolute atomic E-state index is 0.152. The van der Waals surface area contributed by atoms with Crippen molar-refractivity contribution in [2.75, 3.05) is 11.9 Å². The molecule has 0 unspecified atom stereocenters. The van der Waals surface area contributed by atoms with Crippen LogP contribution in [0, 0.1) is 5.82 Å². The Hall–Kier alpha value is -3.13. The van der Waals surface area contributed by atoms with Gasteiger partial charge in [0, 0.05) is 17.1 Å². The fraction of sp³-hybridized carbons (Fsp3) is 0.0588. The number of pyridine rings is 1. The number of benzene rings is 1. The van der Waals surface area contributed by atoms with Gasteiger partial charge in [-0.3, -0.25) is 14.6 Å². The van der Waals surface area contributed by atoms with Crippen molar-refractivity contribution >= 4 is 28.3 Å². The molecule has 0 bridgehead atoms. The lowest BCUT2D eigenvalue weighted by Crippen LogP contribution is -2.32. The Morgan fingerprint density at radius 3 is 2.76 bits per heavy atom. The van der Waals surface area contributed by atoms with Crippen LogP contribution in [-0.4, -0.2) is 28.3 Å². The van der Waals surface area contributed by atoms with Gasteiger partial charge in [-0.1, -0.05) is 12.1 Å². The van der Waals surface area contributed by atoms with Crippen LogP contribution >= 0.6 is 11.3 Å². The Kier molecular flexibility index (Phi) is 5.10. The van der Waals surface area contributed by atoms with Crippen LogP contribution in [0.2, 0.25) is 0 Å². The summed E-state index contributed by atoms with van der Waals surface area (Å²) in [5.74, 6) is -1.46. The van der Waals surface area contributed by atoms with Crippen molar-refractivity contribution in [2.45, 2.75) is 0 Å². The molecule has 6 nitrogen and oxygen atoms in total. The van der Waals surface area contributed by atoms with E-state index < -0.39 is 17.6 Å². The molecule has 3 aromatic rings. The van der Waals surface area contributed by atoms with Gasteiger partial charge in [0.25, 0.3) is 5.91 Å². The van der Waals surface area contributed by atoms with Gasteiger partial charge in [0.1, 0.15) is 11.5 Å². The van der Waals surface area contributed by atoms with Gasteiger partial charge in [-0.05, 0) is 30.3 Å². The summed E-state index contributed by atoms with van der Waals surface area (Å²) in [6.07, 6.45) is 1.66. The second kappa shape index (κ2) is 7.63. The molecule has 0 radical (unpaired) electrons. The first-order valence-electron chi connectivity index (χ1n) is 7.32. The molecule has 0 saturated carbocycles. The third-order valence-corrected chi connectivity index (χ3v) is 3.93. The number of carbonyl (C=O) groups excluding carboxylic acids is 2. The molecule has 0 atom stereocenters. The highest BCUT2D eigenvalue weighted by Crippen LogP contribution is 2.22. The maximum atomic E-state index is 13.1. The summed E-state index contributed by atoms with van der Waals surface area (Å²) in [7, 11) is 0. The third kappa shape index (κ3) is 4.45. The molecular formula is C17H13FN4O2S. The first-order chi connectivity index (χ1) is 12.1. The number of rotatable bonds is 5. The van der Waals surface area contributed by atoms with E-state index in [0.29, 0.717) is 16.5 Å². The smallest absolute Gasteiger partial charge is 0.251 e. The predicted molar refractivity (Wildman–Crippen MR) is 92.7 cm³/mol. The lowest BCUT2D eigenvalue weighted by Gasteiger charge is -2.05. The lowest BCUT2D eigenvalue weighted by atomic mass is 10.2. The van der Waals surface area contributed by atoms with E-state index in [4.69, 9.17) is 0 Å². The summed E-state index contributed by atoms with van der Waals surface area (Å²) < 4.78 is 13.1. The van der Waals surface area contributed by atoms with Gasteiger partial charge < -0.3 is 10.6 Å². The normalized spacial score (nSPS) is 10.3. The molecule has 1 aromatic carbocycles. The van der Waals surface area contributed by atoms with E-state index in [-0.39, 0.29) is 12.1 Å². The van der Waals surface area contributed by atoms with Crippen LogP contribution in [0.3, 0.4) is 0 Å². The molecule has 0 saturated heterocycles. The van der Waals surface area contributed by atoms with Gasteiger partial charge in [0.15, 0.2) is 5.13 Å². The highest BCUT2D eigenvalue weighted by Gasteiger charge is 2.11. The lowest BCUT2D eigenvalue weighted by molar-refractivity contribution is -0.115. The molecule has 0 aliphatic rings. The van der Waals surface area contributed by atoms with Crippen molar-refractivity contribution in [3.63, 3.8) is 0 Å². The summed E-state index contributed by atoms with van der Waals surface area (Å²) in [5.41, 5.74) is 1.52. The van der Waals surface area contributed by atoms with Crippen LogP contribution in [0.1, 0.15) is 10.4 Å². The Morgan fingerprint density at radius 2 is 2.00 bits per heavy atom. The molecule has 126 valence electrons. The van der Waals surface area contributed by atoms with E-state index in [1.165, 1.54) is 29.5 Å². The third-order valence-electron chi connectivity index (χ3n) is 3.17. The summed E-state index contributed by atoms with van der Waals surface area (Å²) in [6.45, 7) is -0.242. The quantitative estimate of drug-likeness (QED) is 0.736. The van der Waals surface area contributed by atoms with E-state index >= 15 is 0 Å². The Balaban J connectivity index is 1.55. The molecule has 0 fully saturated rings. The first kappa shape index (κ1) is 16.7. The SMILES string of the molecule is O=C(CNC(=O)c1cccc(F)c1)Nc1nc(-c2ccccn2)cs1. The maximum Gasteiger partial charge on any atom is 0.251 e. The molecular weight excluding hydrogens is 343 g/mol. The highest BCUT2D eigenvalue weighted by molar-refractivity contribution is 7.14. The topological polar surface area (TPSA) is 84.0 Å². The van der Waals surface area contributed by atoms with E-state index in [0.717, 1.165) is 6.07 Å². The summed E-state index contributed by atoms with van der Waals surface area (Å²) in [6, 6.07) is 10.7. The summed E-state index contributed by atoms with van der Waals surface area (Å²) >= 11 is 1.26. The Morgan fingerprint density at radius 1 is 1.12 bits per heavy atom. The molecule has 2 aromatic heterocycles. The molecule has 25 heavy (non-hydrogen) atoms. The van der Waals surface area contributed by atoms with Crippen molar-refractivity contribution in [3.8, 4) is 11.4 Å². The standard InChI is InChI=1S/C17H13FN4O2S/c18-12-5-3-4-11(8-12)16(24)20-9-15(23)22-17-21-14(10-25-17)13-6-1-2-7-19-13/h1-8,10H,9H2,(H,20,24)(H,21,22,23). The molecule has 0 spiro atoms. The predicted octanol–water partition coefficient (Wildman–Crippen LogP) is 2.71. The highest BCUT2D eigenvalue weighted by atomic mass is 32.1. The van der Waals surface area contributed by atoms with Crippen LogP contribution in [0.5, 0.6) is 0 Å². The second-order valence-electron chi connectivity index (χ2n) is 4.99. The van der Waals surface area contributed by atoms with Gasteiger partial charge >= 0.3 is 0 Å². The van der Waals surface area contributed by atoms with E-state index in [9.17, 15) is 14.0 Å². The summed E-state index contributed by atoms with van der Waals surface area (Å²) in [5, 5.41) is 7.22. The zero-order valence-electron chi connectivity index (χ0n) is 12.9. The number of halogens is 1. The number of hydrogen-bond acceptors (Lipinski definition) is 5. The minimum atomic E-state index is -0.525. The van der Waals surface area contributed by atoms with Crippen LogP contribution < -0.4 is 10.6 Å². The van der Waals surface area contributed by atoms with Crippen molar-refractivity contribution in [3.05, 3.63) is 65.4 Å². The van der Waals surface area contributed by atoms with Gasteiger partial charge in [0.05, 0.1) is 12.2 Å². The van der Waals surface area contributed by atoms with Crippen LogP contribution in [-0.2, 0) is 4.79 Å². The fourth-order valence-electron chi connectivity index (χ4n) is 2.02. The molecule has 2 amide bonds. The molecule has 2 N–H and O–H groups in total. The van der Waals surface area contributed by atoms with Crippen molar-refractivity contribution < 1.29 is 14.0 Å². The van der Waals surface area contributed by atoms with Crippen LogP contribution in [0.15, 0.2) is 54.0 Å². The first-order valence-corrected chi connectivity index (χ1v) is 8.20. The number of thiazole rings is 1. The zero-order valence-corrected chi connectivity index (χ0v) is 13.7. The van der Waals surface area contributed by atoms with Gasteiger partial charge in [-0.15, -0.1) is 11.3 Å². The largest absolute Gasteiger partial charge is 0.343 e. The number of carbonyl (C=O) groups is 2. The Bertz CT molecular complexity index is 898. The monoisotopic (exact) mass is 356 g/mol. The average Bonchev–Trinajstić information content (AvgIpc) is 3.09. The number of aromatic nitrogens is 2. The summed E-state index contributed by atoms with van der Waals surface area (Å²) in [4.78, 5) is 32.2. The number of amides is 2. The van der Waals surface area contributed by atoms with Crippen LogP contribution in [0.4, 0.5) is 9.52 Å². The number of anilines is 1.